The lowest BCUT2D eigenvalue weighted by molar-refractivity contribution is 0.0492. The number of Topliss-reactive ketones (excluding diaryl/α,β-unsaturated/α-hetero) is 1. The number of rotatable bonds is 4. The number of halogens is 2. The molecule has 9 heteroatoms. The Morgan fingerprint density at radius 3 is 1.78 bits per heavy atom. The Hall–Kier alpha value is -1.87. The van der Waals surface area contributed by atoms with Gasteiger partial charge in [0.1, 0.15) is 0 Å². The second-order valence-electron chi connectivity index (χ2n) is 3.20. The van der Waals surface area contributed by atoms with Crippen LogP contribution in [0, 0.1) is 0 Å². The zero-order chi connectivity index (χ0) is 14.1. The zero-order valence-corrected chi connectivity index (χ0v) is 9.32. The SMILES string of the molecule is O=C(O)c1ccc(C(=O)C(F)(F)S(=O)(=O)O)cc1. The molecule has 1 aromatic carbocycles. The number of ketones is 1. The number of benzene rings is 1. The fraction of sp³-hybridized carbons (Fsp3) is 0.111. The number of alkyl halides is 2. The molecule has 0 saturated heterocycles. The lowest BCUT2D eigenvalue weighted by Gasteiger charge is -2.11. The highest BCUT2D eigenvalue weighted by Gasteiger charge is 2.52. The van der Waals surface area contributed by atoms with Crippen LogP contribution < -0.4 is 0 Å². The van der Waals surface area contributed by atoms with Gasteiger partial charge in [0.2, 0.25) is 5.78 Å². The van der Waals surface area contributed by atoms with Crippen LogP contribution in [0.2, 0.25) is 0 Å². The van der Waals surface area contributed by atoms with E-state index in [1.165, 1.54) is 0 Å². The largest absolute Gasteiger partial charge is 0.478 e. The van der Waals surface area contributed by atoms with Crippen molar-refractivity contribution < 1.29 is 36.4 Å². The molecular weight excluding hydrogens is 274 g/mol. The summed E-state index contributed by atoms with van der Waals surface area (Å²) in [6.45, 7) is 0. The summed E-state index contributed by atoms with van der Waals surface area (Å²) < 4.78 is 54.8. The van der Waals surface area contributed by atoms with Crippen molar-refractivity contribution in [1.82, 2.24) is 0 Å². The van der Waals surface area contributed by atoms with Crippen LogP contribution in [0.3, 0.4) is 0 Å². The molecule has 0 aliphatic rings. The van der Waals surface area contributed by atoms with Crippen molar-refractivity contribution in [2.75, 3.05) is 0 Å². The summed E-state index contributed by atoms with van der Waals surface area (Å²) in [5.41, 5.74) is -0.996. The molecule has 2 N–H and O–H groups in total. The van der Waals surface area contributed by atoms with E-state index in [1.54, 1.807) is 0 Å². The van der Waals surface area contributed by atoms with Crippen molar-refractivity contribution in [3.05, 3.63) is 35.4 Å². The number of carbonyl (C=O) groups is 2. The van der Waals surface area contributed by atoms with Crippen molar-refractivity contribution in [3.63, 3.8) is 0 Å². The summed E-state index contributed by atoms with van der Waals surface area (Å²) in [4.78, 5) is 21.6. The first-order valence-corrected chi connectivity index (χ1v) is 5.74. The minimum Gasteiger partial charge on any atom is -0.478 e. The van der Waals surface area contributed by atoms with E-state index in [-0.39, 0.29) is 5.56 Å². The molecule has 0 atom stereocenters. The Kier molecular flexibility index (Phi) is 3.49. The van der Waals surface area contributed by atoms with E-state index >= 15 is 0 Å². The van der Waals surface area contributed by atoms with E-state index in [9.17, 15) is 26.8 Å². The topological polar surface area (TPSA) is 109 Å². The van der Waals surface area contributed by atoms with Gasteiger partial charge in [-0.3, -0.25) is 9.35 Å². The molecule has 0 aromatic heterocycles. The first-order valence-electron chi connectivity index (χ1n) is 4.30. The minimum absolute atomic E-state index is 0.262. The Bertz CT molecular complexity index is 590. The lowest BCUT2D eigenvalue weighted by Crippen LogP contribution is -2.37. The van der Waals surface area contributed by atoms with Crippen molar-refractivity contribution in [2.45, 2.75) is 5.25 Å². The van der Waals surface area contributed by atoms with Gasteiger partial charge in [-0.15, -0.1) is 0 Å². The van der Waals surface area contributed by atoms with Gasteiger partial charge >= 0.3 is 21.3 Å². The highest BCUT2D eigenvalue weighted by Crippen LogP contribution is 2.25. The maximum atomic E-state index is 13.0. The van der Waals surface area contributed by atoms with Crippen LogP contribution in [0.4, 0.5) is 8.78 Å². The number of carboxylic acids is 1. The number of hydrogen-bond acceptors (Lipinski definition) is 4. The van der Waals surface area contributed by atoms with E-state index in [0.29, 0.717) is 0 Å². The molecule has 0 unspecified atom stereocenters. The first-order chi connectivity index (χ1) is 8.07. The van der Waals surface area contributed by atoms with E-state index in [2.05, 4.69) is 0 Å². The van der Waals surface area contributed by atoms with Gasteiger partial charge in [0, 0.05) is 5.56 Å². The van der Waals surface area contributed by atoms with Gasteiger partial charge in [0.15, 0.2) is 0 Å². The van der Waals surface area contributed by atoms with Crippen LogP contribution >= 0.6 is 0 Å². The summed E-state index contributed by atoms with van der Waals surface area (Å²) in [7, 11) is -5.88. The van der Waals surface area contributed by atoms with Gasteiger partial charge in [-0.25, -0.2) is 4.79 Å². The van der Waals surface area contributed by atoms with E-state index in [1.807, 2.05) is 0 Å². The molecule has 0 radical (unpaired) electrons. The quantitative estimate of drug-likeness (QED) is 0.630. The predicted octanol–water partition coefficient (Wildman–Crippen LogP) is 1.05. The maximum Gasteiger partial charge on any atom is 0.431 e. The van der Waals surface area contributed by atoms with Crippen molar-refractivity contribution in [2.24, 2.45) is 0 Å². The molecule has 0 aliphatic heterocycles. The summed E-state index contributed by atoms with van der Waals surface area (Å²) in [5.74, 6) is -3.47. The second-order valence-corrected chi connectivity index (χ2v) is 4.67. The standard InChI is InChI=1S/C9H6F2O6S/c10-9(11,18(15,16)17)7(12)5-1-3-6(4-2-5)8(13)14/h1-4H,(H,13,14)(H,15,16,17). The Balaban J connectivity index is 3.17. The number of aromatic carboxylic acids is 1. The lowest BCUT2D eigenvalue weighted by atomic mass is 10.1. The van der Waals surface area contributed by atoms with Crippen LogP contribution in [0.15, 0.2) is 24.3 Å². The van der Waals surface area contributed by atoms with Gasteiger partial charge in [-0.2, -0.15) is 17.2 Å². The molecule has 6 nitrogen and oxygen atoms in total. The zero-order valence-electron chi connectivity index (χ0n) is 8.50. The third kappa shape index (κ3) is 2.51. The molecular formula is C9H6F2O6S. The fourth-order valence-electron chi connectivity index (χ4n) is 1.05. The van der Waals surface area contributed by atoms with Gasteiger partial charge in [0.25, 0.3) is 0 Å². The Morgan fingerprint density at radius 1 is 1.06 bits per heavy atom. The normalized spacial score (nSPS) is 12.2. The van der Waals surface area contributed by atoms with Gasteiger partial charge in [0.05, 0.1) is 5.56 Å². The molecule has 0 saturated carbocycles. The van der Waals surface area contributed by atoms with Crippen molar-refractivity contribution in [3.8, 4) is 0 Å². The molecule has 18 heavy (non-hydrogen) atoms. The van der Waals surface area contributed by atoms with Crippen LogP contribution in [0.5, 0.6) is 0 Å². The molecule has 0 amide bonds. The smallest absolute Gasteiger partial charge is 0.431 e. The summed E-state index contributed by atoms with van der Waals surface area (Å²) in [6, 6.07) is 3.17. The van der Waals surface area contributed by atoms with Crippen LogP contribution in [-0.4, -0.2) is 35.1 Å². The predicted molar refractivity (Wildman–Crippen MR) is 54.2 cm³/mol. The Labute approximate surface area is 99.6 Å². The average molecular weight is 280 g/mol. The second kappa shape index (κ2) is 4.42. The molecule has 0 bridgehead atoms. The fourth-order valence-corrected chi connectivity index (χ4v) is 1.40. The third-order valence-corrected chi connectivity index (χ3v) is 2.82. The van der Waals surface area contributed by atoms with E-state index in [4.69, 9.17) is 9.66 Å². The van der Waals surface area contributed by atoms with Crippen LogP contribution in [-0.2, 0) is 10.1 Å². The van der Waals surface area contributed by atoms with Gasteiger partial charge in [-0.05, 0) is 12.1 Å². The van der Waals surface area contributed by atoms with E-state index in [0.717, 1.165) is 24.3 Å². The third-order valence-electron chi connectivity index (χ3n) is 1.98. The molecule has 0 fully saturated rings. The van der Waals surface area contributed by atoms with Crippen LogP contribution in [0.1, 0.15) is 20.7 Å². The number of hydrogen-bond donors (Lipinski definition) is 2. The first kappa shape index (κ1) is 14.2. The summed E-state index contributed by atoms with van der Waals surface area (Å²) in [5, 5.41) is 3.56. The molecule has 1 aromatic rings. The van der Waals surface area contributed by atoms with Gasteiger partial charge < -0.3 is 5.11 Å². The molecule has 98 valence electrons. The Morgan fingerprint density at radius 2 is 1.44 bits per heavy atom. The minimum atomic E-state index is -5.88. The maximum absolute atomic E-state index is 13.0. The number of carboxylic acid groups (broad SMARTS) is 1. The monoisotopic (exact) mass is 280 g/mol. The van der Waals surface area contributed by atoms with Crippen molar-refractivity contribution in [1.29, 1.82) is 0 Å². The van der Waals surface area contributed by atoms with Crippen LogP contribution in [0.25, 0.3) is 0 Å². The van der Waals surface area contributed by atoms with Gasteiger partial charge in [-0.1, -0.05) is 12.1 Å². The molecule has 0 spiro atoms. The number of carbonyl (C=O) groups excluding carboxylic acids is 1. The average Bonchev–Trinajstić information content (AvgIpc) is 2.26. The highest BCUT2D eigenvalue weighted by molar-refractivity contribution is 7.87. The van der Waals surface area contributed by atoms with E-state index < -0.39 is 32.7 Å². The van der Waals surface area contributed by atoms with Crippen molar-refractivity contribution >= 4 is 21.9 Å². The summed E-state index contributed by atoms with van der Waals surface area (Å²) in [6.07, 6.45) is 0. The molecule has 1 rings (SSSR count). The summed E-state index contributed by atoms with van der Waals surface area (Å²) >= 11 is 0. The molecule has 0 heterocycles. The highest BCUT2D eigenvalue weighted by atomic mass is 32.2. The molecule has 0 aliphatic carbocycles.